The second kappa shape index (κ2) is 5.64. The van der Waals surface area contributed by atoms with Gasteiger partial charge in [0.1, 0.15) is 5.01 Å². The Balaban J connectivity index is 1.97. The lowest BCUT2D eigenvalue weighted by atomic mass is 9.92. The highest BCUT2D eigenvalue weighted by molar-refractivity contribution is 7.15. The van der Waals surface area contributed by atoms with Crippen molar-refractivity contribution in [1.82, 2.24) is 15.1 Å². The summed E-state index contributed by atoms with van der Waals surface area (Å²) in [4.78, 5) is 25.6. The summed E-state index contributed by atoms with van der Waals surface area (Å²) in [6.07, 6.45) is 1.10. The molecule has 0 aromatic carbocycles. The molecule has 1 aromatic heterocycles. The number of nitrogens with zero attached hydrogens (tertiary/aromatic N) is 3. The van der Waals surface area contributed by atoms with Crippen LogP contribution in [0.15, 0.2) is 0 Å². The maximum atomic E-state index is 12.1. The molecule has 19 heavy (non-hydrogen) atoms. The molecule has 2 rings (SSSR count). The first-order chi connectivity index (χ1) is 8.95. The second-order valence-electron chi connectivity index (χ2n) is 5.24. The number of aromatic nitrogens is 2. The molecule has 0 unspecified atom stereocenters. The summed E-state index contributed by atoms with van der Waals surface area (Å²) < 4.78 is 0. The molecule has 2 heterocycles. The number of likely N-dealkylation sites (tertiary alicyclic amines) is 1. The smallest absolute Gasteiger partial charge is 0.315 e. The number of amides is 2. The van der Waals surface area contributed by atoms with Gasteiger partial charge in [0, 0.05) is 13.1 Å². The number of nitrogens with one attached hydrogen (secondary N) is 1. The minimum absolute atomic E-state index is 0.369. The Morgan fingerprint density at radius 1 is 1.26 bits per heavy atom. The van der Waals surface area contributed by atoms with Crippen LogP contribution in [0.3, 0.4) is 0 Å². The number of anilines is 1. The van der Waals surface area contributed by atoms with Crippen LogP contribution >= 0.6 is 11.3 Å². The van der Waals surface area contributed by atoms with Crippen LogP contribution in [-0.2, 0) is 9.59 Å². The summed E-state index contributed by atoms with van der Waals surface area (Å²) >= 11 is 1.26. The lowest BCUT2D eigenvalue weighted by Gasteiger charge is -2.34. The number of hydrogen-bond acceptors (Lipinski definition) is 5. The normalized spacial score (nSPS) is 23.2. The Morgan fingerprint density at radius 3 is 2.42 bits per heavy atom. The zero-order valence-corrected chi connectivity index (χ0v) is 12.2. The van der Waals surface area contributed by atoms with E-state index in [-0.39, 0.29) is 0 Å². The molecule has 0 radical (unpaired) electrons. The van der Waals surface area contributed by atoms with Gasteiger partial charge in [-0.1, -0.05) is 25.2 Å². The van der Waals surface area contributed by atoms with E-state index in [1.807, 2.05) is 0 Å². The highest BCUT2D eigenvalue weighted by atomic mass is 32.1. The molecule has 6 nitrogen and oxygen atoms in total. The molecule has 0 bridgehead atoms. The van der Waals surface area contributed by atoms with Crippen molar-refractivity contribution < 1.29 is 9.59 Å². The average Bonchev–Trinajstić information content (AvgIpc) is 2.72. The second-order valence-corrected chi connectivity index (χ2v) is 6.42. The minimum atomic E-state index is -0.627. The van der Waals surface area contributed by atoms with Crippen LogP contribution in [0.5, 0.6) is 0 Å². The van der Waals surface area contributed by atoms with Gasteiger partial charge in [-0.25, -0.2) is 0 Å². The summed E-state index contributed by atoms with van der Waals surface area (Å²) in [7, 11) is 0. The van der Waals surface area contributed by atoms with Crippen LogP contribution in [0.25, 0.3) is 0 Å². The van der Waals surface area contributed by atoms with Crippen molar-refractivity contribution in [2.24, 2.45) is 11.8 Å². The first kappa shape index (κ1) is 13.9. The van der Waals surface area contributed by atoms with Gasteiger partial charge in [0.25, 0.3) is 0 Å². The van der Waals surface area contributed by atoms with Crippen molar-refractivity contribution in [3.63, 3.8) is 0 Å². The maximum absolute atomic E-state index is 12.1. The lowest BCUT2D eigenvalue weighted by molar-refractivity contribution is -0.144. The molecule has 2 atom stereocenters. The molecule has 0 saturated carbocycles. The van der Waals surface area contributed by atoms with Gasteiger partial charge in [-0.2, -0.15) is 0 Å². The fourth-order valence-electron chi connectivity index (χ4n) is 2.47. The van der Waals surface area contributed by atoms with Crippen LogP contribution < -0.4 is 5.32 Å². The molecule has 7 heteroatoms. The van der Waals surface area contributed by atoms with Gasteiger partial charge >= 0.3 is 11.8 Å². The lowest BCUT2D eigenvalue weighted by Crippen LogP contribution is -2.47. The Hall–Kier alpha value is -1.50. The van der Waals surface area contributed by atoms with E-state index in [0.717, 1.165) is 11.4 Å². The topological polar surface area (TPSA) is 75.2 Å². The summed E-state index contributed by atoms with van der Waals surface area (Å²) in [6, 6.07) is 0. The molecule has 0 aliphatic carbocycles. The quantitative estimate of drug-likeness (QED) is 0.788. The van der Waals surface area contributed by atoms with E-state index >= 15 is 0 Å². The van der Waals surface area contributed by atoms with Gasteiger partial charge in [-0.05, 0) is 25.2 Å². The molecule has 104 valence electrons. The first-order valence-corrected chi connectivity index (χ1v) is 7.17. The highest BCUT2D eigenvalue weighted by Crippen LogP contribution is 2.21. The van der Waals surface area contributed by atoms with E-state index in [1.165, 1.54) is 11.3 Å². The third kappa shape index (κ3) is 3.50. The average molecular weight is 282 g/mol. The number of piperidine rings is 1. The van der Waals surface area contributed by atoms with Gasteiger partial charge < -0.3 is 4.90 Å². The molecule has 1 aromatic rings. The van der Waals surface area contributed by atoms with Gasteiger partial charge in [0.2, 0.25) is 5.13 Å². The Labute approximate surface area is 116 Å². The van der Waals surface area contributed by atoms with E-state index in [1.54, 1.807) is 11.8 Å². The number of hydrogen-bond donors (Lipinski definition) is 1. The molecule has 1 N–H and O–H groups in total. The summed E-state index contributed by atoms with van der Waals surface area (Å²) in [6.45, 7) is 7.28. The van der Waals surface area contributed by atoms with E-state index in [4.69, 9.17) is 0 Å². The standard InChI is InChI=1S/C12H18N4O2S/c1-7-4-8(2)6-16(5-7)11(18)10(17)13-12-15-14-9(3)19-12/h7-8H,4-6H2,1-3H3,(H,13,15,17)/t7-,8-/m0/s1. The molecule has 1 aliphatic rings. The number of rotatable bonds is 1. The Morgan fingerprint density at radius 2 is 1.89 bits per heavy atom. The summed E-state index contributed by atoms with van der Waals surface area (Å²) in [5.74, 6) is -0.239. The van der Waals surface area contributed by atoms with Crippen LogP contribution in [0.1, 0.15) is 25.3 Å². The summed E-state index contributed by atoms with van der Waals surface area (Å²) in [5.41, 5.74) is 0. The Bertz CT molecular complexity index is 478. The monoisotopic (exact) mass is 282 g/mol. The zero-order chi connectivity index (χ0) is 14.0. The molecular formula is C12H18N4O2S. The minimum Gasteiger partial charge on any atom is -0.334 e. The van der Waals surface area contributed by atoms with Crippen LogP contribution in [0.4, 0.5) is 5.13 Å². The van der Waals surface area contributed by atoms with Gasteiger partial charge in [-0.15, -0.1) is 10.2 Å². The van der Waals surface area contributed by atoms with Gasteiger partial charge in [0.05, 0.1) is 0 Å². The van der Waals surface area contributed by atoms with Crippen molar-refractivity contribution in [1.29, 1.82) is 0 Å². The maximum Gasteiger partial charge on any atom is 0.315 e. The highest BCUT2D eigenvalue weighted by Gasteiger charge is 2.29. The molecule has 0 spiro atoms. The molecule has 1 aliphatic heterocycles. The van der Waals surface area contributed by atoms with Crippen LogP contribution in [0, 0.1) is 18.8 Å². The van der Waals surface area contributed by atoms with Crippen molar-refractivity contribution in [2.45, 2.75) is 27.2 Å². The Kier molecular flexibility index (Phi) is 4.14. The molecule has 1 saturated heterocycles. The van der Waals surface area contributed by atoms with Crippen molar-refractivity contribution in [3.8, 4) is 0 Å². The fraction of sp³-hybridized carbons (Fsp3) is 0.667. The van der Waals surface area contributed by atoms with Crippen LogP contribution in [-0.4, -0.2) is 40.0 Å². The third-order valence-electron chi connectivity index (χ3n) is 3.10. The molecule has 2 amide bonds. The van der Waals surface area contributed by atoms with Gasteiger partial charge in [0.15, 0.2) is 0 Å². The zero-order valence-electron chi connectivity index (χ0n) is 11.3. The molecule has 1 fully saturated rings. The first-order valence-electron chi connectivity index (χ1n) is 6.36. The van der Waals surface area contributed by atoms with E-state index in [0.29, 0.717) is 30.1 Å². The number of carbonyl (C=O) groups excluding carboxylic acids is 2. The van der Waals surface area contributed by atoms with Crippen molar-refractivity contribution >= 4 is 28.3 Å². The number of aryl methyl sites for hydroxylation is 1. The van der Waals surface area contributed by atoms with Gasteiger partial charge in [-0.3, -0.25) is 14.9 Å². The predicted molar refractivity (Wildman–Crippen MR) is 72.8 cm³/mol. The van der Waals surface area contributed by atoms with E-state index in [9.17, 15) is 9.59 Å². The largest absolute Gasteiger partial charge is 0.334 e. The molecular weight excluding hydrogens is 264 g/mol. The van der Waals surface area contributed by atoms with E-state index in [2.05, 4.69) is 29.4 Å². The van der Waals surface area contributed by atoms with E-state index < -0.39 is 11.8 Å². The predicted octanol–water partition coefficient (Wildman–Crippen LogP) is 1.29. The summed E-state index contributed by atoms with van der Waals surface area (Å²) in [5, 5.41) is 11.2. The van der Waals surface area contributed by atoms with Crippen molar-refractivity contribution in [3.05, 3.63) is 5.01 Å². The van der Waals surface area contributed by atoms with Crippen molar-refractivity contribution in [2.75, 3.05) is 18.4 Å². The SMILES string of the molecule is Cc1nnc(NC(=O)C(=O)N2C[C@@H](C)C[C@H](C)C2)s1. The van der Waals surface area contributed by atoms with Crippen LogP contribution in [0.2, 0.25) is 0 Å². The fourth-order valence-corrected chi connectivity index (χ4v) is 3.06. The third-order valence-corrected chi connectivity index (χ3v) is 3.85. The number of carbonyl (C=O) groups is 2.